The van der Waals surface area contributed by atoms with Crippen molar-refractivity contribution in [2.75, 3.05) is 4.90 Å². The van der Waals surface area contributed by atoms with E-state index in [-0.39, 0.29) is 0 Å². The van der Waals surface area contributed by atoms with E-state index >= 15 is 0 Å². The summed E-state index contributed by atoms with van der Waals surface area (Å²) in [6, 6.07) is 4.87. The Morgan fingerprint density at radius 3 is 2.50 bits per heavy atom. The molecule has 1 N–H and O–H groups in total. The third-order valence-corrected chi connectivity index (χ3v) is 5.64. The molecule has 1 fully saturated rings. The highest BCUT2D eigenvalue weighted by Crippen LogP contribution is 2.56. The van der Waals surface area contributed by atoms with Crippen molar-refractivity contribution >= 4 is 34.7 Å². The van der Waals surface area contributed by atoms with Crippen LogP contribution in [0.1, 0.15) is 38.5 Å². The van der Waals surface area contributed by atoms with Crippen molar-refractivity contribution in [1.82, 2.24) is 9.97 Å². The van der Waals surface area contributed by atoms with Gasteiger partial charge in [0.1, 0.15) is 11.9 Å². The first-order chi connectivity index (χ1) is 11.3. The lowest BCUT2D eigenvalue weighted by atomic mass is 9.84. The normalized spacial score (nSPS) is 17.3. The van der Waals surface area contributed by atoms with Crippen LogP contribution in [0.5, 0.6) is 0 Å². The molecule has 2 aromatic heterocycles. The predicted molar refractivity (Wildman–Crippen MR) is 95.6 cm³/mol. The largest absolute Gasteiger partial charge is 0.480 e. The van der Waals surface area contributed by atoms with Crippen molar-refractivity contribution in [3.63, 3.8) is 0 Å². The molecule has 0 radical (unpaired) electrons. The number of hydrogen-bond donors (Lipinski definition) is 1. The highest BCUT2D eigenvalue weighted by atomic mass is 35.5. The third-order valence-electron chi connectivity index (χ3n) is 4.33. The quantitative estimate of drug-likeness (QED) is 0.860. The van der Waals surface area contributed by atoms with E-state index in [4.69, 9.17) is 11.6 Å². The molecule has 1 unspecified atom stereocenters. The zero-order chi connectivity index (χ0) is 17.5. The molecule has 1 aliphatic carbocycles. The molecule has 2 aromatic rings. The standard InChI is InChI=1S/C17H20ClN3O2S/c1-16(2,3)13(14(22)23)21(12-6-4-5-9-19-12)17(7-8-17)11-10-20-15(18)24-11/h4-6,9-10,13H,7-8H2,1-3H3,(H,22,23). The molecule has 1 atom stereocenters. The second kappa shape index (κ2) is 6.01. The summed E-state index contributed by atoms with van der Waals surface area (Å²) in [4.78, 5) is 23.7. The highest BCUT2D eigenvalue weighted by Gasteiger charge is 2.57. The number of carbonyl (C=O) groups is 1. The molecule has 0 aromatic carbocycles. The molecule has 24 heavy (non-hydrogen) atoms. The van der Waals surface area contributed by atoms with Crippen LogP contribution in [0.4, 0.5) is 5.82 Å². The van der Waals surface area contributed by atoms with Crippen molar-refractivity contribution in [1.29, 1.82) is 0 Å². The molecule has 0 amide bonds. The first-order valence-electron chi connectivity index (χ1n) is 7.81. The van der Waals surface area contributed by atoms with Crippen molar-refractivity contribution in [3.8, 4) is 0 Å². The topological polar surface area (TPSA) is 66.3 Å². The molecule has 0 bridgehead atoms. The van der Waals surface area contributed by atoms with Gasteiger partial charge >= 0.3 is 5.97 Å². The number of rotatable bonds is 5. The van der Waals surface area contributed by atoms with Gasteiger partial charge in [0.2, 0.25) is 0 Å². The SMILES string of the molecule is CC(C)(C)C(C(=O)O)N(c1ccccn1)C1(c2cnc(Cl)s2)CC1. The van der Waals surface area contributed by atoms with E-state index < -0.39 is 23.0 Å². The van der Waals surface area contributed by atoms with Crippen LogP contribution < -0.4 is 4.90 Å². The number of aliphatic carboxylic acids is 1. The fourth-order valence-corrected chi connectivity index (χ4v) is 4.34. The van der Waals surface area contributed by atoms with Crippen LogP contribution >= 0.6 is 22.9 Å². The molecule has 5 nitrogen and oxygen atoms in total. The molecule has 0 saturated heterocycles. The first kappa shape index (κ1) is 17.2. The van der Waals surface area contributed by atoms with Crippen LogP contribution in [0.3, 0.4) is 0 Å². The molecular weight excluding hydrogens is 346 g/mol. The maximum Gasteiger partial charge on any atom is 0.326 e. The zero-order valence-corrected chi connectivity index (χ0v) is 15.4. The summed E-state index contributed by atoms with van der Waals surface area (Å²) in [5.74, 6) is -0.183. The Morgan fingerprint density at radius 2 is 2.08 bits per heavy atom. The molecular formula is C17H20ClN3O2S. The van der Waals surface area contributed by atoms with Crippen molar-refractivity contribution in [3.05, 3.63) is 39.9 Å². The second-order valence-corrected chi connectivity index (χ2v) is 8.79. The molecule has 1 aliphatic rings. The van der Waals surface area contributed by atoms with Crippen LogP contribution in [-0.2, 0) is 10.3 Å². The monoisotopic (exact) mass is 365 g/mol. The van der Waals surface area contributed by atoms with E-state index in [0.717, 1.165) is 17.7 Å². The molecule has 0 aliphatic heterocycles. The first-order valence-corrected chi connectivity index (χ1v) is 9.00. The predicted octanol–water partition coefficient (Wildman–Crippen LogP) is 4.19. The summed E-state index contributed by atoms with van der Waals surface area (Å²) >= 11 is 7.45. The number of pyridine rings is 1. The maximum absolute atomic E-state index is 12.2. The summed E-state index contributed by atoms with van der Waals surface area (Å²) in [6.07, 6.45) is 5.18. The average molecular weight is 366 g/mol. The van der Waals surface area contributed by atoms with Gasteiger partial charge in [-0.1, -0.05) is 38.4 Å². The van der Waals surface area contributed by atoms with E-state index in [0.29, 0.717) is 10.3 Å². The summed E-state index contributed by atoms with van der Waals surface area (Å²) < 4.78 is 0.472. The molecule has 0 spiro atoms. The Bertz CT molecular complexity index is 738. The van der Waals surface area contributed by atoms with Crippen molar-refractivity contribution in [2.24, 2.45) is 5.41 Å². The minimum atomic E-state index is -0.852. The molecule has 1 saturated carbocycles. The van der Waals surface area contributed by atoms with Gasteiger partial charge in [-0.15, -0.1) is 11.3 Å². The van der Waals surface area contributed by atoms with Gasteiger partial charge in [0.15, 0.2) is 4.47 Å². The Balaban J connectivity index is 2.15. The zero-order valence-electron chi connectivity index (χ0n) is 13.9. The Morgan fingerprint density at radius 1 is 1.38 bits per heavy atom. The average Bonchev–Trinajstić information content (AvgIpc) is 3.18. The number of nitrogens with zero attached hydrogens (tertiary/aromatic N) is 3. The van der Waals surface area contributed by atoms with E-state index in [1.165, 1.54) is 11.3 Å². The summed E-state index contributed by atoms with van der Waals surface area (Å²) in [5.41, 5.74) is -0.858. The molecule has 7 heteroatoms. The lowest BCUT2D eigenvalue weighted by molar-refractivity contribution is -0.141. The highest BCUT2D eigenvalue weighted by molar-refractivity contribution is 7.15. The minimum Gasteiger partial charge on any atom is -0.480 e. The number of halogens is 1. The third kappa shape index (κ3) is 3.00. The Labute approximate surface area is 150 Å². The van der Waals surface area contributed by atoms with Gasteiger partial charge in [0.25, 0.3) is 0 Å². The summed E-state index contributed by atoms with van der Waals surface area (Å²) in [6.45, 7) is 5.83. The molecule has 3 rings (SSSR count). The fraction of sp³-hybridized carbons (Fsp3) is 0.471. The van der Waals surface area contributed by atoms with Crippen LogP contribution in [0.2, 0.25) is 4.47 Å². The van der Waals surface area contributed by atoms with Gasteiger partial charge in [-0.05, 0) is 30.4 Å². The number of carboxylic acids is 1. The fourth-order valence-electron chi connectivity index (χ4n) is 3.16. The van der Waals surface area contributed by atoms with Gasteiger partial charge in [0.05, 0.1) is 10.4 Å². The number of hydrogen-bond acceptors (Lipinski definition) is 5. The van der Waals surface area contributed by atoms with E-state index in [1.807, 2.05) is 43.9 Å². The molecule has 2 heterocycles. The van der Waals surface area contributed by atoms with Crippen molar-refractivity contribution in [2.45, 2.75) is 45.2 Å². The van der Waals surface area contributed by atoms with E-state index in [9.17, 15) is 9.90 Å². The Hall–Kier alpha value is -1.66. The van der Waals surface area contributed by atoms with Gasteiger partial charge in [0, 0.05) is 12.4 Å². The van der Waals surface area contributed by atoms with Gasteiger partial charge in [-0.2, -0.15) is 0 Å². The van der Waals surface area contributed by atoms with Gasteiger partial charge in [-0.3, -0.25) is 0 Å². The Kier molecular flexibility index (Phi) is 4.30. The number of carboxylic acid groups (broad SMARTS) is 1. The maximum atomic E-state index is 12.2. The summed E-state index contributed by atoms with van der Waals surface area (Å²) in [5, 5.41) is 9.98. The van der Waals surface area contributed by atoms with Crippen LogP contribution in [0.15, 0.2) is 30.6 Å². The number of anilines is 1. The smallest absolute Gasteiger partial charge is 0.326 e. The van der Waals surface area contributed by atoms with Gasteiger partial charge < -0.3 is 10.0 Å². The number of thiazole rings is 1. The minimum absolute atomic E-state index is 0.393. The summed E-state index contributed by atoms with van der Waals surface area (Å²) in [7, 11) is 0. The van der Waals surface area contributed by atoms with Crippen molar-refractivity contribution < 1.29 is 9.90 Å². The van der Waals surface area contributed by atoms with Crippen LogP contribution in [0, 0.1) is 5.41 Å². The lowest BCUT2D eigenvalue weighted by Crippen LogP contribution is -2.54. The second-order valence-electron chi connectivity index (χ2n) is 7.17. The number of aromatic nitrogens is 2. The lowest BCUT2D eigenvalue weighted by Gasteiger charge is -2.43. The molecule has 128 valence electrons. The van der Waals surface area contributed by atoms with E-state index in [1.54, 1.807) is 12.4 Å². The van der Waals surface area contributed by atoms with Gasteiger partial charge in [-0.25, -0.2) is 14.8 Å². The van der Waals surface area contributed by atoms with Crippen LogP contribution in [0.25, 0.3) is 0 Å². The van der Waals surface area contributed by atoms with Crippen LogP contribution in [-0.4, -0.2) is 27.1 Å². The van der Waals surface area contributed by atoms with E-state index in [2.05, 4.69) is 9.97 Å².